The van der Waals surface area contributed by atoms with Gasteiger partial charge in [0.2, 0.25) is 0 Å². The number of nitrogens with one attached hydrogen (secondary N) is 1. The third-order valence-electron chi connectivity index (χ3n) is 3.85. The topological polar surface area (TPSA) is 41.1 Å². The molecule has 0 bridgehead atoms. The summed E-state index contributed by atoms with van der Waals surface area (Å²) in [6.45, 7) is 3.14. The maximum absolute atomic E-state index is 5.90. The number of nitrogens with zero attached hydrogens (tertiary/aromatic N) is 2. The molecular formula is C14H18ClN3O. The van der Waals surface area contributed by atoms with Gasteiger partial charge in [0.05, 0.1) is 6.10 Å². The fourth-order valence-corrected chi connectivity index (χ4v) is 2.86. The molecule has 0 spiro atoms. The van der Waals surface area contributed by atoms with Gasteiger partial charge in [0.15, 0.2) is 0 Å². The first-order valence-corrected chi connectivity index (χ1v) is 7.01. The second-order valence-electron chi connectivity index (χ2n) is 5.06. The van der Waals surface area contributed by atoms with E-state index in [-0.39, 0.29) is 0 Å². The molecule has 102 valence electrons. The summed E-state index contributed by atoms with van der Waals surface area (Å²) in [6, 6.07) is 3.89. The molecule has 4 nitrogen and oxygen atoms in total. The molecule has 0 unspecified atom stereocenters. The van der Waals surface area contributed by atoms with E-state index in [4.69, 9.17) is 16.3 Å². The van der Waals surface area contributed by atoms with Crippen LogP contribution in [0.15, 0.2) is 18.3 Å². The summed E-state index contributed by atoms with van der Waals surface area (Å²) >= 11 is 5.90. The zero-order valence-corrected chi connectivity index (χ0v) is 11.8. The van der Waals surface area contributed by atoms with Gasteiger partial charge < -0.3 is 9.72 Å². The highest BCUT2D eigenvalue weighted by Gasteiger charge is 2.19. The van der Waals surface area contributed by atoms with Gasteiger partial charge in [0.25, 0.3) is 0 Å². The molecule has 0 aliphatic carbocycles. The standard InChI is InChI=1S/C14H18ClN3O/c1-19-11-4-6-18(7-5-11)9-10-8-16-14-12(10)2-3-13(15)17-14/h2-3,8,11H,4-7,9H2,1H3,(H,16,17). The van der Waals surface area contributed by atoms with E-state index in [1.54, 1.807) is 7.11 Å². The van der Waals surface area contributed by atoms with Crippen LogP contribution in [0.4, 0.5) is 0 Å². The summed E-state index contributed by atoms with van der Waals surface area (Å²) in [6.07, 6.45) is 4.70. The van der Waals surface area contributed by atoms with Crippen LogP contribution in [-0.2, 0) is 11.3 Å². The Balaban J connectivity index is 1.72. The van der Waals surface area contributed by atoms with E-state index in [0.717, 1.165) is 38.1 Å². The molecular weight excluding hydrogens is 262 g/mol. The van der Waals surface area contributed by atoms with E-state index in [1.807, 2.05) is 18.3 Å². The van der Waals surface area contributed by atoms with Gasteiger partial charge in [-0.15, -0.1) is 0 Å². The fraction of sp³-hybridized carbons (Fsp3) is 0.500. The zero-order valence-electron chi connectivity index (χ0n) is 11.0. The summed E-state index contributed by atoms with van der Waals surface area (Å²) in [5.74, 6) is 0. The van der Waals surface area contributed by atoms with Gasteiger partial charge in [-0.25, -0.2) is 4.98 Å². The summed E-state index contributed by atoms with van der Waals surface area (Å²) in [5, 5.41) is 1.69. The molecule has 0 aromatic carbocycles. The Hall–Kier alpha value is -1.10. The number of ether oxygens (including phenoxy) is 1. The van der Waals surface area contributed by atoms with Crippen molar-refractivity contribution in [1.29, 1.82) is 0 Å². The minimum absolute atomic E-state index is 0.430. The largest absolute Gasteiger partial charge is 0.381 e. The highest BCUT2D eigenvalue weighted by Crippen LogP contribution is 2.22. The Labute approximate surface area is 117 Å². The predicted molar refractivity (Wildman–Crippen MR) is 76.4 cm³/mol. The summed E-state index contributed by atoms with van der Waals surface area (Å²) in [4.78, 5) is 9.94. The van der Waals surface area contributed by atoms with Gasteiger partial charge in [-0.3, -0.25) is 4.90 Å². The quantitative estimate of drug-likeness (QED) is 0.879. The number of hydrogen-bond acceptors (Lipinski definition) is 3. The van der Waals surface area contributed by atoms with Crippen molar-refractivity contribution in [3.05, 3.63) is 29.0 Å². The lowest BCUT2D eigenvalue weighted by Gasteiger charge is -2.30. The van der Waals surface area contributed by atoms with Crippen molar-refractivity contribution in [1.82, 2.24) is 14.9 Å². The Morgan fingerprint density at radius 2 is 2.21 bits per heavy atom. The number of aromatic nitrogens is 2. The lowest BCUT2D eigenvalue weighted by Crippen LogP contribution is -2.36. The van der Waals surface area contributed by atoms with Crippen molar-refractivity contribution < 1.29 is 4.74 Å². The van der Waals surface area contributed by atoms with Crippen LogP contribution in [0.3, 0.4) is 0 Å². The molecule has 0 amide bonds. The lowest BCUT2D eigenvalue weighted by atomic mass is 10.1. The van der Waals surface area contributed by atoms with Crippen LogP contribution in [0.2, 0.25) is 5.15 Å². The summed E-state index contributed by atoms with van der Waals surface area (Å²) in [7, 11) is 1.80. The second kappa shape index (κ2) is 5.49. The third-order valence-corrected chi connectivity index (χ3v) is 4.06. The maximum atomic E-state index is 5.90. The SMILES string of the molecule is COC1CCN(Cc2c[nH]c3nc(Cl)ccc23)CC1. The van der Waals surface area contributed by atoms with Crippen LogP contribution in [0, 0.1) is 0 Å². The van der Waals surface area contributed by atoms with Gasteiger partial charge >= 0.3 is 0 Å². The molecule has 1 N–H and O–H groups in total. The predicted octanol–water partition coefficient (Wildman–Crippen LogP) is 2.83. The molecule has 2 aromatic heterocycles. The number of rotatable bonds is 3. The highest BCUT2D eigenvalue weighted by atomic mass is 35.5. The molecule has 5 heteroatoms. The number of hydrogen-bond donors (Lipinski definition) is 1. The molecule has 1 aliphatic rings. The van der Waals surface area contributed by atoms with Crippen LogP contribution in [0.25, 0.3) is 11.0 Å². The van der Waals surface area contributed by atoms with E-state index in [2.05, 4.69) is 14.9 Å². The monoisotopic (exact) mass is 279 g/mol. The number of halogens is 1. The number of pyridine rings is 1. The Kier molecular flexibility index (Phi) is 3.73. The first-order valence-electron chi connectivity index (χ1n) is 6.64. The lowest BCUT2D eigenvalue weighted by molar-refractivity contribution is 0.0390. The van der Waals surface area contributed by atoms with Crippen LogP contribution in [-0.4, -0.2) is 41.2 Å². The first-order chi connectivity index (χ1) is 9.26. The van der Waals surface area contributed by atoms with E-state index >= 15 is 0 Å². The molecule has 3 heterocycles. The van der Waals surface area contributed by atoms with Crippen LogP contribution >= 0.6 is 11.6 Å². The van der Waals surface area contributed by atoms with Gasteiger partial charge in [-0.2, -0.15) is 0 Å². The number of piperidine rings is 1. The Morgan fingerprint density at radius 3 is 2.95 bits per heavy atom. The normalized spacial score (nSPS) is 18.2. The highest BCUT2D eigenvalue weighted by molar-refractivity contribution is 6.29. The van der Waals surface area contributed by atoms with Crippen molar-refractivity contribution in [3.63, 3.8) is 0 Å². The molecule has 1 aliphatic heterocycles. The van der Waals surface area contributed by atoms with Crippen LogP contribution in [0.1, 0.15) is 18.4 Å². The van der Waals surface area contributed by atoms with E-state index in [0.29, 0.717) is 11.3 Å². The van der Waals surface area contributed by atoms with Crippen molar-refractivity contribution in [2.75, 3.05) is 20.2 Å². The van der Waals surface area contributed by atoms with Gasteiger partial charge in [-0.05, 0) is 30.5 Å². The number of methoxy groups -OCH3 is 1. The number of fused-ring (bicyclic) bond motifs is 1. The number of H-pyrrole nitrogens is 1. The number of likely N-dealkylation sites (tertiary alicyclic amines) is 1. The number of aromatic amines is 1. The maximum Gasteiger partial charge on any atom is 0.139 e. The minimum Gasteiger partial charge on any atom is -0.381 e. The molecule has 1 saturated heterocycles. The van der Waals surface area contributed by atoms with Crippen LogP contribution < -0.4 is 0 Å². The molecule has 1 fully saturated rings. The summed E-state index contributed by atoms with van der Waals surface area (Å²) in [5.41, 5.74) is 2.16. The smallest absolute Gasteiger partial charge is 0.139 e. The third kappa shape index (κ3) is 2.76. The minimum atomic E-state index is 0.430. The van der Waals surface area contributed by atoms with Crippen molar-refractivity contribution in [2.24, 2.45) is 0 Å². The Morgan fingerprint density at radius 1 is 1.42 bits per heavy atom. The second-order valence-corrected chi connectivity index (χ2v) is 5.44. The van der Waals surface area contributed by atoms with Gasteiger partial charge in [-0.1, -0.05) is 11.6 Å². The summed E-state index contributed by atoms with van der Waals surface area (Å²) < 4.78 is 5.40. The average Bonchev–Trinajstić information content (AvgIpc) is 2.82. The molecule has 0 radical (unpaired) electrons. The zero-order chi connectivity index (χ0) is 13.2. The Bertz CT molecular complexity index is 561. The molecule has 0 atom stereocenters. The first kappa shape index (κ1) is 12.9. The fourth-order valence-electron chi connectivity index (χ4n) is 2.71. The van der Waals surface area contributed by atoms with E-state index < -0.39 is 0 Å². The average molecular weight is 280 g/mol. The molecule has 19 heavy (non-hydrogen) atoms. The van der Waals surface area contributed by atoms with Crippen molar-refractivity contribution in [2.45, 2.75) is 25.5 Å². The molecule has 2 aromatic rings. The van der Waals surface area contributed by atoms with Gasteiger partial charge in [0, 0.05) is 38.3 Å². The molecule has 3 rings (SSSR count). The van der Waals surface area contributed by atoms with E-state index in [9.17, 15) is 0 Å². The molecule has 0 saturated carbocycles. The van der Waals surface area contributed by atoms with Gasteiger partial charge in [0.1, 0.15) is 10.8 Å². The van der Waals surface area contributed by atoms with Crippen molar-refractivity contribution in [3.8, 4) is 0 Å². The van der Waals surface area contributed by atoms with Crippen molar-refractivity contribution >= 4 is 22.6 Å². The van der Waals surface area contributed by atoms with Crippen LogP contribution in [0.5, 0.6) is 0 Å². The van der Waals surface area contributed by atoms with E-state index in [1.165, 1.54) is 10.9 Å².